The number of ether oxygens (including phenoxy) is 6. The third-order valence-electron chi connectivity index (χ3n) is 13.9. The first-order valence-corrected chi connectivity index (χ1v) is 26.8. The van der Waals surface area contributed by atoms with Crippen LogP contribution in [0.3, 0.4) is 0 Å². The van der Waals surface area contributed by atoms with E-state index in [1.807, 2.05) is 51.8 Å². The van der Waals surface area contributed by atoms with Crippen molar-refractivity contribution in [1.29, 1.82) is 0 Å². The predicted molar refractivity (Wildman–Crippen MR) is 250 cm³/mol. The van der Waals surface area contributed by atoms with E-state index in [9.17, 15) is 39.5 Å². The number of benzene rings is 2. The summed E-state index contributed by atoms with van der Waals surface area (Å²) in [5.74, 6) is 1.88. The van der Waals surface area contributed by atoms with Crippen LogP contribution in [0.5, 0.6) is 11.5 Å². The fraction of sp³-hybridized carbons (Fsp3) is 0.760. The van der Waals surface area contributed by atoms with Crippen molar-refractivity contribution >= 4 is 21.6 Å². The summed E-state index contributed by atoms with van der Waals surface area (Å²) >= 11 is 0. The van der Waals surface area contributed by atoms with Crippen molar-refractivity contribution in [3.05, 3.63) is 58.7 Å². The molecule has 5 unspecified atom stereocenters. The molecular formula is C50H70F11NO6S2. The van der Waals surface area contributed by atoms with E-state index >= 15 is 8.78 Å². The van der Waals surface area contributed by atoms with Gasteiger partial charge in [-0.3, -0.25) is 0 Å². The van der Waals surface area contributed by atoms with Gasteiger partial charge in [0.25, 0.3) is 0 Å². The molecule has 2 aromatic rings. The standard InChI is InChI=1S/C50H70F11NO6S2/c1-32(2)65-30-34(31-66-33(3)4)10-7-20-63-23-25-70-69-24-8-19-62(6)29-41-43(51)27-37(28-44(41)52)68-36-12-14-38-35(26-36)11-13-40-39(38)17-18-46(5)42(40)15-16-45(46)64-21-9-22-67-47(48(53,54)55,49(56,57)58)50(59,60)61/h12,14,26-28,32-34,39-40,42,45H,7-11,13,15-25,29-31H2,1-6H3. The number of aryl methyl sites for hydroxylation is 1. The molecule has 400 valence electrons. The SMILES string of the molecule is CC(C)OCC(CCCOCCSSCCCN(C)Cc1c(F)cc(Oc2ccc3c(c2)CCC2C3CCC3(C)C(OCCCOC(C(F)(F)F)(C(F)(F)F)C(F)(F)F)CCC23)cc1F)COC(C)C. The van der Waals surface area contributed by atoms with E-state index in [1.54, 1.807) is 27.7 Å². The molecule has 0 spiro atoms. The molecule has 0 heterocycles. The highest BCUT2D eigenvalue weighted by molar-refractivity contribution is 8.76. The fourth-order valence-corrected chi connectivity index (χ4v) is 12.3. The zero-order valence-corrected chi connectivity index (χ0v) is 42.6. The molecule has 0 saturated heterocycles. The highest BCUT2D eigenvalue weighted by Gasteiger charge is 2.85. The van der Waals surface area contributed by atoms with Crippen molar-refractivity contribution < 1.29 is 76.7 Å². The molecule has 20 heteroatoms. The van der Waals surface area contributed by atoms with E-state index in [2.05, 4.69) is 11.7 Å². The lowest BCUT2D eigenvalue weighted by atomic mass is 9.55. The smallest absolute Gasteiger partial charge is 0.435 e. The summed E-state index contributed by atoms with van der Waals surface area (Å²) < 4.78 is 183. The summed E-state index contributed by atoms with van der Waals surface area (Å²) in [6.07, 6.45) is -13.7. The molecule has 2 aromatic carbocycles. The van der Waals surface area contributed by atoms with Gasteiger partial charge in [-0.15, -0.1) is 0 Å². The van der Waals surface area contributed by atoms with E-state index in [0.29, 0.717) is 57.5 Å². The Morgan fingerprint density at radius 2 is 1.37 bits per heavy atom. The third kappa shape index (κ3) is 15.3. The summed E-state index contributed by atoms with van der Waals surface area (Å²) in [5.41, 5.74) is -4.45. The van der Waals surface area contributed by atoms with E-state index < -0.39 is 48.8 Å². The Morgan fingerprint density at radius 1 is 0.729 bits per heavy atom. The van der Waals surface area contributed by atoms with Gasteiger partial charge < -0.3 is 33.3 Å². The van der Waals surface area contributed by atoms with Gasteiger partial charge in [0.2, 0.25) is 0 Å². The normalized spacial score (nSPS) is 22.1. The number of rotatable bonds is 28. The second-order valence-corrected chi connectivity index (χ2v) is 22.4. The van der Waals surface area contributed by atoms with Crippen molar-refractivity contribution in [2.75, 3.05) is 64.7 Å². The van der Waals surface area contributed by atoms with Crippen LogP contribution in [-0.4, -0.2) is 112 Å². The molecule has 3 aliphatic rings. The van der Waals surface area contributed by atoms with Crippen molar-refractivity contribution in [1.82, 2.24) is 4.90 Å². The lowest BCUT2D eigenvalue weighted by molar-refractivity contribution is -0.457. The first-order chi connectivity index (χ1) is 32.9. The molecule has 7 nitrogen and oxygen atoms in total. The Kier molecular flexibility index (Phi) is 21.8. The summed E-state index contributed by atoms with van der Waals surface area (Å²) in [6, 6.07) is 8.08. The van der Waals surface area contributed by atoms with Gasteiger partial charge in [-0.1, -0.05) is 34.6 Å². The molecule has 0 bridgehead atoms. The summed E-state index contributed by atoms with van der Waals surface area (Å²) in [4.78, 5) is 1.89. The van der Waals surface area contributed by atoms with Crippen LogP contribution < -0.4 is 4.74 Å². The topological polar surface area (TPSA) is 58.6 Å². The molecule has 2 saturated carbocycles. The van der Waals surface area contributed by atoms with E-state index in [4.69, 9.17) is 23.7 Å². The zero-order valence-electron chi connectivity index (χ0n) is 40.9. The van der Waals surface area contributed by atoms with E-state index in [-0.39, 0.29) is 65.9 Å². The molecule has 5 rings (SSSR count). The van der Waals surface area contributed by atoms with Gasteiger partial charge in [-0.25, -0.2) is 8.78 Å². The molecule has 0 amide bonds. The summed E-state index contributed by atoms with van der Waals surface area (Å²) in [5, 5.41) is 0. The number of halogens is 11. The minimum absolute atomic E-state index is 0.0338. The zero-order chi connectivity index (χ0) is 51.5. The number of hydrogen-bond donors (Lipinski definition) is 0. The Balaban J connectivity index is 1.01. The van der Waals surface area contributed by atoms with Crippen LogP contribution in [0.1, 0.15) is 115 Å². The maximum atomic E-state index is 15.4. The molecule has 0 radical (unpaired) electrons. The van der Waals surface area contributed by atoms with Crippen LogP contribution in [0.15, 0.2) is 30.3 Å². The van der Waals surface area contributed by atoms with Crippen molar-refractivity contribution in [2.45, 2.75) is 154 Å². The second kappa shape index (κ2) is 25.9. The Labute approximate surface area is 413 Å². The second-order valence-electron chi connectivity index (χ2n) is 19.7. The van der Waals surface area contributed by atoms with Crippen molar-refractivity contribution in [2.24, 2.45) is 23.2 Å². The monoisotopic (exact) mass is 1050 g/mol. The van der Waals surface area contributed by atoms with Gasteiger partial charge in [0.1, 0.15) is 23.1 Å². The van der Waals surface area contributed by atoms with Gasteiger partial charge in [-0.2, -0.15) is 39.5 Å². The largest absolute Gasteiger partial charge is 0.457 e. The van der Waals surface area contributed by atoms with Crippen LogP contribution in [0, 0.1) is 34.8 Å². The van der Waals surface area contributed by atoms with Crippen LogP contribution in [0.25, 0.3) is 0 Å². The maximum absolute atomic E-state index is 15.4. The Morgan fingerprint density at radius 3 is 2.00 bits per heavy atom. The number of alkyl halides is 9. The number of nitrogens with zero attached hydrogens (tertiary/aromatic N) is 1. The molecule has 0 aliphatic heterocycles. The fourth-order valence-electron chi connectivity index (χ4n) is 10.4. The van der Waals surface area contributed by atoms with Gasteiger partial charge >= 0.3 is 24.1 Å². The molecule has 5 atom stereocenters. The molecule has 70 heavy (non-hydrogen) atoms. The van der Waals surface area contributed by atoms with Gasteiger partial charge in [0, 0.05) is 54.9 Å². The molecule has 3 aliphatic carbocycles. The van der Waals surface area contributed by atoms with E-state index in [0.717, 1.165) is 67.6 Å². The first kappa shape index (κ1) is 58.8. The van der Waals surface area contributed by atoms with E-state index in [1.165, 1.54) is 12.1 Å². The molecule has 0 aromatic heterocycles. The van der Waals surface area contributed by atoms with Gasteiger partial charge in [-0.05, 0) is 152 Å². The van der Waals surface area contributed by atoms with Crippen LogP contribution in [-0.2, 0) is 36.6 Å². The van der Waals surface area contributed by atoms with Crippen LogP contribution in [0.4, 0.5) is 48.3 Å². The third-order valence-corrected chi connectivity index (χ3v) is 16.4. The average molecular weight is 1050 g/mol. The van der Waals surface area contributed by atoms with Crippen LogP contribution in [0.2, 0.25) is 0 Å². The highest BCUT2D eigenvalue weighted by Crippen LogP contribution is 2.62. The van der Waals surface area contributed by atoms with Crippen molar-refractivity contribution in [3.63, 3.8) is 0 Å². The molecular weight excluding hydrogens is 984 g/mol. The summed E-state index contributed by atoms with van der Waals surface area (Å²) in [6.45, 7) is 11.9. The van der Waals surface area contributed by atoms with Crippen LogP contribution >= 0.6 is 21.6 Å². The predicted octanol–water partition coefficient (Wildman–Crippen LogP) is 14.3. The lowest BCUT2D eigenvalue weighted by Crippen LogP contribution is -2.67. The Hall–Kier alpha value is -2.07. The quantitative estimate of drug-likeness (QED) is 0.0471. The number of fused-ring (bicyclic) bond motifs is 5. The average Bonchev–Trinajstić information content (AvgIpc) is 3.60. The first-order valence-electron chi connectivity index (χ1n) is 24.4. The molecule has 2 fully saturated rings. The number of hydrogen-bond acceptors (Lipinski definition) is 9. The summed E-state index contributed by atoms with van der Waals surface area (Å²) in [7, 11) is 5.34. The van der Waals surface area contributed by atoms with Gasteiger partial charge in [0.05, 0.1) is 44.7 Å². The minimum atomic E-state index is -6.78. The maximum Gasteiger partial charge on any atom is 0.435 e. The lowest BCUT2D eigenvalue weighted by Gasteiger charge is -2.50. The minimum Gasteiger partial charge on any atom is -0.457 e. The highest BCUT2D eigenvalue weighted by atomic mass is 33.1. The van der Waals surface area contributed by atoms with Crippen molar-refractivity contribution in [3.8, 4) is 11.5 Å². The van der Waals surface area contributed by atoms with Gasteiger partial charge in [0.15, 0.2) is 0 Å². The molecule has 0 N–H and O–H groups in total. The Bertz CT molecular complexity index is 1850.